The summed E-state index contributed by atoms with van der Waals surface area (Å²) in [5.41, 5.74) is 2.78. The third-order valence-corrected chi connectivity index (χ3v) is 11.8. The normalized spacial score (nSPS) is 30.8. The third kappa shape index (κ3) is 3.67. The van der Waals surface area contributed by atoms with E-state index in [0.717, 1.165) is 31.9 Å². The molecule has 0 radical (unpaired) electrons. The van der Waals surface area contributed by atoms with Gasteiger partial charge in [-0.15, -0.1) is 11.8 Å². The highest BCUT2D eigenvalue weighted by atomic mass is 79.9. The van der Waals surface area contributed by atoms with Crippen LogP contribution in [0.4, 0.5) is 5.69 Å². The summed E-state index contributed by atoms with van der Waals surface area (Å²) in [5.74, 6) is -1.42. The molecule has 1 saturated heterocycles. The zero-order valence-electron chi connectivity index (χ0n) is 20.3. The first-order valence-corrected chi connectivity index (χ1v) is 15.2. The first-order valence-electron chi connectivity index (χ1n) is 12.7. The number of aromatic amines is 1. The van der Waals surface area contributed by atoms with E-state index < -0.39 is 11.8 Å². The quantitative estimate of drug-likeness (QED) is 0.421. The topological polar surface area (TPSA) is 99.3 Å². The minimum Gasteiger partial charge on any atom is -0.325 e. The molecule has 2 aliphatic carbocycles. The molecule has 2 saturated carbocycles. The number of nitrogens with one attached hydrogen (secondary N) is 2. The fraction of sp³-hybridized carbons (Fsp3) is 0.357. The van der Waals surface area contributed by atoms with Crippen LogP contribution in [0.5, 0.6) is 0 Å². The molecule has 7 rings (SSSR count). The van der Waals surface area contributed by atoms with Gasteiger partial charge in [0.2, 0.25) is 17.7 Å². The number of anilines is 1. The molecule has 194 valence electrons. The van der Waals surface area contributed by atoms with Gasteiger partial charge in [0, 0.05) is 26.2 Å². The average Bonchev–Trinajstić information content (AvgIpc) is 3.60. The Morgan fingerprint density at radius 2 is 1.82 bits per heavy atom. The van der Waals surface area contributed by atoms with Crippen molar-refractivity contribution in [1.29, 1.82) is 0 Å². The number of carbonyl (C=O) groups excluding carboxylic acids is 3. The second-order valence-corrected chi connectivity index (χ2v) is 13.8. The molecule has 6 unspecified atom stereocenters. The molecular formula is C28H24BrN3O4S2. The number of thiazole rings is 1. The van der Waals surface area contributed by atoms with Crippen LogP contribution in [0.15, 0.2) is 62.8 Å². The zero-order valence-corrected chi connectivity index (χ0v) is 23.6. The SMILES string of the molecule is Cc1cccc(NC(=O)CN2C(=O)C3C4CC(C3C2=O)C2C4Sc3[nH]c(=O)sc3[C@@H]2c2ccc(Br)cc2)c1. The number of amides is 3. The first kappa shape index (κ1) is 24.4. The van der Waals surface area contributed by atoms with Gasteiger partial charge in [-0.05, 0) is 66.5 Å². The maximum absolute atomic E-state index is 13.7. The second-order valence-electron chi connectivity index (χ2n) is 10.7. The lowest BCUT2D eigenvalue weighted by Gasteiger charge is -2.43. The summed E-state index contributed by atoms with van der Waals surface area (Å²) >= 11 is 6.44. The zero-order chi connectivity index (χ0) is 26.3. The Hall–Kier alpha value is -2.69. The Morgan fingerprint density at radius 3 is 2.55 bits per heavy atom. The number of aromatic nitrogens is 1. The summed E-state index contributed by atoms with van der Waals surface area (Å²) in [7, 11) is 0. The van der Waals surface area contributed by atoms with Gasteiger partial charge in [-0.3, -0.25) is 24.1 Å². The van der Waals surface area contributed by atoms with E-state index in [1.165, 1.54) is 16.2 Å². The molecule has 3 amide bonds. The van der Waals surface area contributed by atoms with E-state index in [9.17, 15) is 19.2 Å². The lowest BCUT2D eigenvalue weighted by molar-refractivity contribution is -0.143. The fourth-order valence-electron chi connectivity index (χ4n) is 7.34. The van der Waals surface area contributed by atoms with Crippen LogP contribution in [0, 0.1) is 36.5 Å². The van der Waals surface area contributed by atoms with E-state index in [0.29, 0.717) is 5.69 Å². The highest BCUT2D eigenvalue weighted by molar-refractivity contribution is 9.10. The molecule has 2 aliphatic heterocycles. The standard InChI is InChI=1S/C28H24BrN3O4S2/c1-12-3-2-4-15(9-12)30-18(33)11-32-26(34)21-16-10-17(22(21)27(32)35)23-20(16)19(13-5-7-14(29)8-6-13)24-25(37-23)31-28(36)38-24/h2-9,16-17,19-23H,10-11H2,1H3,(H,30,33)(H,31,36)/t16?,17?,19-,20?,21?,22?,23?/m1/s1. The van der Waals surface area contributed by atoms with Crippen molar-refractivity contribution in [3.05, 3.63) is 78.7 Å². The minimum absolute atomic E-state index is 0.00850. The second kappa shape index (κ2) is 8.93. The Balaban J connectivity index is 1.19. The van der Waals surface area contributed by atoms with Gasteiger partial charge in [0.25, 0.3) is 0 Å². The van der Waals surface area contributed by atoms with Crippen LogP contribution in [-0.4, -0.2) is 39.4 Å². The number of benzene rings is 2. The molecule has 7 nitrogen and oxygen atoms in total. The summed E-state index contributed by atoms with van der Waals surface area (Å²) in [5, 5.41) is 3.85. The molecule has 3 heterocycles. The van der Waals surface area contributed by atoms with E-state index in [2.05, 4.69) is 38.4 Å². The molecule has 38 heavy (non-hydrogen) atoms. The van der Waals surface area contributed by atoms with Crippen molar-refractivity contribution in [2.24, 2.45) is 29.6 Å². The van der Waals surface area contributed by atoms with Crippen molar-refractivity contribution < 1.29 is 14.4 Å². The van der Waals surface area contributed by atoms with Crippen LogP contribution in [-0.2, 0) is 14.4 Å². The predicted molar refractivity (Wildman–Crippen MR) is 149 cm³/mol. The summed E-state index contributed by atoms with van der Waals surface area (Å²) in [6.07, 6.45) is 0.824. The summed E-state index contributed by atoms with van der Waals surface area (Å²) in [4.78, 5) is 57.7. The Bertz CT molecular complexity index is 1550. The lowest BCUT2D eigenvalue weighted by Crippen LogP contribution is -2.42. The third-order valence-electron chi connectivity index (χ3n) is 8.65. The Labute approximate surface area is 235 Å². The summed E-state index contributed by atoms with van der Waals surface area (Å²) < 4.78 is 0.981. The van der Waals surface area contributed by atoms with Crippen molar-refractivity contribution >= 4 is 62.4 Å². The number of imide groups is 1. The number of nitrogens with zero attached hydrogens (tertiary/aromatic N) is 1. The molecule has 2 aromatic carbocycles. The van der Waals surface area contributed by atoms with Gasteiger partial charge in [0.05, 0.1) is 16.9 Å². The maximum Gasteiger partial charge on any atom is 0.305 e. The van der Waals surface area contributed by atoms with Crippen LogP contribution in [0.2, 0.25) is 0 Å². The average molecular weight is 611 g/mol. The smallest absolute Gasteiger partial charge is 0.305 e. The summed E-state index contributed by atoms with van der Waals surface area (Å²) in [6.45, 7) is 1.67. The van der Waals surface area contributed by atoms with Crippen molar-refractivity contribution in [2.75, 3.05) is 11.9 Å². The first-order chi connectivity index (χ1) is 18.3. The van der Waals surface area contributed by atoms with Crippen molar-refractivity contribution in [3.63, 3.8) is 0 Å². The van der Waals surface area contributed by atoms with Gasteiger partial charge in [0.1, 0.15) is 6.54 Å². The number of carbonyl (C=O) groups is 3. The highest BCUT2D eigenvalue weighted by Crippen LogP contribution is 2.68. The molecule has 1 aromatic heterocycles. The monoisotopic (exact) mass is 609 g/mol. The number of rotatable bonds is 4. The number of halogens is 1. The number of likely N-dealkylation sites (tertiary alicyclic amines) is 1. The predicted octanol–water partition coefficient (Wildman–Crippen LogP) is 4.62. The van der Waals surface area contributed by atoms with Crippen LogP contribution in [0.3, 0.4) is 0 Å². The van der Waals surface area contributed by atoms with Gasteiger partial charge >= 0.3 is 4.87 Å². The van der Waals surface area contributed by atoms with Crippen molar-refractivity contribution in [2.45, 2.75) is 29.5 Å². The minimum atomic E-state index is -0.406. The number of fused-ring (bicyclic) bond motifs is 9. The maximum atomic E-state index is 13.7. The fourth-order valence-corrected chi connectivity index (χ4v) is 10.5. The molecule has 10 heteroatoms. The van der Waals surface area contributed by atoms with Crippen LogP contribution < -0.4 is 10.2 Å². The van der Waals surface area contributed by atoms with Gasteiger partial charge in [-0.2, -0.15) is 0 Å². The van der Waals surface area contributed by atoms with Gasteiger partial charge in [-0.1, -0.05) is 51.5 Å². The number of hydrogen-bond donors (Lipinski definition) is 2. The largest absolute Gasteiger partial charge is 0.325 e. The molecular weight excluding hydrogens is 586 g/mol. The highest BCUT2D eigenvalue weighted by Gasteiger charge is 2.69. The van der Waals surface area contributed by atoms with Crippen molar-refractivity contribution in [1.82, 2.24) is 9.88 Å². The number of thioether (sulfide) groups is 1. The van der Waals surface area contributed by atoms with Gasteiger partial charge in [0.15, 0.2) is 0 Å². The van der Waals surface area contributed by atoms with E-state index in [1.807, 2.05) is 37.3 Å². The van der Waals surface area contributed by atoms with Crippen molar-refractivity contribution in [3.8, 4) is 0 Å². The molecule has 0 spiro atoms. The van der Waals surface area contributed by atoms with E-state index in [4.69, 9.17) is 0 Å². The molecule has 2 N–H and O–H groups in total. The van der Waals surface area contributed by atoms with E-state index >= 15 is 0 Å². The van der Waals surface area contributed by atoms with Gasteiger partial charge < -0.3 is 10.3 Å². The van der Waals surface area contributed by atoms with Crippen LogP contribution in [0.25, 0.3) is 0 Å². The molecule has 2 bridgehead atoms. The number of aryl methyl sites for hydroxylation is 1. The molecule has 4 aliphatic rings. The lowest BCUT2D eigenvalue weighted by atomic mass is 9.68. The number of H-pyrrole nitrogens is 1. The van der Waals surface area contributed by atoms with Crippen LogP contribution in [0.1, 0.15) is 28.3 Å². The molecule has 3 aromatic rings. The van der Waals surface area contributed by atoms with E-state index in [1.54, 1.807) is 17.8 Å². The van der Waals surface area contributed by atoms with Crippen LogP contribution >= 0.6 is 39.0 Å². The van der Waals surface area contributed by atoms with Gasteiger partial charge in [-0.25, -0.2) is 0 Å². The Morgan fingerprint density at radius 1 is 1.08 bits per heavy atom. The number of hydrogen-bond acceptors (Lipinski definition) is 6. The van der Waals surface area contributed by atoms with E-state index in [-0.39, 0.29) is 58.1 Å². The molecule has 7 atom stereocenters. The molecule has 3 fully saturated rings. The Kier molecular flexibility index (Phi) is 5.72. The summed E-state index contributed by atoms with van der Waals surface area (Å²) in [6, 6.07) is 15.6.